The summed E-state index contributed by atoms with van der Waals surface area (Å²) < 4.78 is 1.14. The van der Waals surface area contributed by atoms with Crippen molar-refractivity contribution in [1.82, 2.24) is 19.6 Å². The lowest BCUT2D eigenvalue weighted by Gasteiger charge is -2.34. The second kappa shape index (κ2) is 9.73. The van der Waals surface area contributed by atoms with Gasteiger partial charge in [-0.15, -0.1) is 4.73 Å². The second-order valence-electron chi connectivity index (χ2n) is 8.40. The third-order valence-corrected chi connectivity index (χ3v) is 6.65. The highest BCUT2D eigenvalue weighted by Crippen LogP contribution is 2.30. The number of aromatic nitrogens is 3. The first-order chi connectivity index (χ1) is 16.9. The maximum atomic E-state index is 13.2. The molecule has 1 saturated heterocycles. The highest BCUT2D eigenvalue weighted by Gasteiger charge is 2.17. The van der Waals surface area contributed by atoms with Gasteiger partial charge in [0.25, 0.3) is 5.56 Å². The fourth-order valence-corrected chi connectivity index (χ4v) is 4.66. The summed E-state index contributed by atoms with van der Waals surface area (Å²) in [5, 5.41) is 4.70. The molecular formula is C25H24Cl2N6O2. The van der Waals surface area contributed by atoms with Crippen LogP contribution >= 0.6 is 23.2 Å². The average molecular weight is 511 g/mol. The minimum Gasteiger partial charge on any atom is -0.412 e. The quantitative estimate of drug-likeness (QED) is 0.428. The van der Waals surface area contributed by atoms with Crippen molar-refractivity contribution in [3.8, 4) is 11.1 Å². The Morgan fingerprint density at radius 1 is 0.971 bits per heavy atom. The first-order valence-corrected chi connectivity index (χ1v) is 11.9. The zero-order valence-corrected chi connectivity index (χ0v) is 20.8. The van der Waals surface area contributed by atoms with Crippen molar-refractivity contribution in [2.75, 3.05) is 50.6 Å². The molecule has 4 aromatic rings. The first kappa shape index (κ1) is 23.4. The zero-order chi connectivity index (χ0) is 24.5. The number of halogens is 2. The van der Waals surface area contributed by atoms with Crippen LogP contribution in [-0.2, 0) is 0 Å². The van der Waals surface area contributed by atoms with Crippen molar-refractivity contribution >= 4 is 51.6 Å². The van der Waals surface area contributed by atoms with Crippen LogP contribution in [0.1, 0.15) is 0 Å². The van der Waals surface area contributed by atoms with Crippen molar-refractivity contribution in [3.05, 3.63) is 75.1 Å². The third-order valence-electron chi connectivity index (χ3n) is 6.10. The number of benzene rings is 2. The number of likely N-dealkylation sites (N-methyl/N-ethyl adjacent to an activating group) is 1. The third kappa shape index (κ3) is 4.77. The van der Waals surface area contributed by atoms with Gasteiger partial charge in [0.1, 0.15) is 7.11 Å². The molecule has 1 N–H and O–H groups in total. The van der Waals surface area contributed by atoms with Gasteiger partial charge in [-0.3, -0.25) is 4.79 Å². The molecule has 0 bridgehead atoms. The molecule has 0 atom stereocenters. The Morgan fingerprint density at radius 3 is 2.40 bits per heavy atom. The summed E-state index contributed by atoms with van der Waals surface area (Å²) in [6.45, 7) is 4.12. The van der Waals surface area contributed by atoms with Gasteiger partial charge >= 0.3 is 0 Å². The summed E-state index contributed by atoms with van der Waals surface area (Å²) in [6.07, 6.45) is 1.64. The molecule has 180 valence electrons. The molecular weight excluding hydrogens is 487 g/mol. The SMILES string of the molecule is COn1c(=O)c(-c2ccc(Cl)cc2Cl)cc2cnc(Nc3ccc(N4CCN(C)CC4)cc3)nc21. The summed E-state index contributed by atoms with van der Waals surface area (Å²) in [5.74, 6) is 0.354. The van der Waals surface area contributed by atoms with Crippen LogP contribution in [0.15, 0.2) is 59.5 Å². The Morgan fingerprint density at radius 2 is 1.71 bits per heavy atom. The molecule has 0 amide bonds. The molecule has 10 heteroatoms. The molecule has 0 aliphatic carbocycles. The number of pyridine rings is 1. The monoisotopic (exact) mass is 510 g/mol. The van der Waals surface area contributed by atoms with E-state index in [1.165, 1.54) is 12.8 Å². The van der Waals surface area contributed by atoms with Gasteiger partial charge in [-0.25, -0.2) is 4.98 Å². The van der Waals surface area contributed by atoms with E-state index in [0.29, 0.717) is 38.2 Å². The molecule has 2 aromatic carbocycles. The van der Waals surface area contributed by atoms with Gasteiger partial charge in [-0.05, 0) is 49.5 Å². The number of hydrogen-bond donors (Lipinski definition) is 1. The van der Waals surface area contributed by atoms with E-state index in [1.54, 1.807) is 30.5 Å². The number of rotatable bonds is 5. The number of nitrogens with one attached hydrogen (secondary N) is 1. The van der Waals surface area contributed by atoms with Gasteiger partial charge < -0.3 is 20.0 Å². The van der Waals surface area contributed by atoms with Gasteiger partial charge in [0.15, 0.2) is 5.65 Å². The van der Waals surface area contributed by atoms with Gasteiger partial charge in [-0.2, -0.15) is 4.98 Å². The van der Waals surface area contributed by atoms with E-state index < -0.39 is 0 Å². The largest absolute Gasteiger partial charge is 0.412 e. The summed E-state index contributed by atoms with van der Waals surface area (Å²) in [7, 11) is 3.56. The highest BCUT2D eigenvalue weighted by molar-refractivity contribution is 6.36. The van der Waals surface area contributed by atoms with E-state index in [9.17, 15) is 4.79 Å². The van der Waals surface area contributed by atoms with Crippen molar-refractivity contribution in [1.29, 1.82) is 0 Å². The van der Waals surface area contributed by atoms with Crippen LogP contribution < -0.4 is 20.6 Å². The maximum Gasteiger partial charge on any atom is 0.293 e. The second-order valence-corrected chi connectivity index (χ2v) is 9.24. The lowest BCUT2D eigenvalue weighted by Crippen LogP contribution is -2.44. The Balaban J connectivity index is 1.44. The normalized spacial score (nSPS) is 14.3. The van der Waals surface area contributed by atoms with Crippen LogP contribution in [0.4, 0.5) is 17.3 Å². The molecule has 5 rings (SSSR count). The Hall–Kier alpha value is -3.33. The molecule has 3 heterocycles. The maximum absolute atomic E-state index is 13.2. The average Bonchev–Trinajstić information content (AvgIpc) is 2.85. The zero-order valence-electron chi connectivity index (χ0n) is 19.3. The predicted molar refractivity (Wildman–Crippen MR) is 141 cm³/mol. The Bertz CT molecular complexity index is 1430. The van der Waals surface area contributed by atoms with Crippen molar-refractivity contribution in [3.63, 3.8) is 0 Å². The summed E-state index contributed by atoms with van der Waals surface area (Å²) in [5.41, 5.74) is 2.91. The van der Waals surface area contributed by atoms with Gasteiger partial charge in [0, 0.05) is 59.7 Å². The van der Waals surface area contributed by atoms with Crippen molar-refractivity contribution in [2.45, 2.75) is 0 Å². The molecule has 1 fully saturated rings. The van der Waals surface area contributed by atoms with E-state index in [4.69, 9.17) is 28.0 Å². The Labute approximate surface area is 212 Å². The molecule has 8 nitrogen and oxygen atoms in total. The van der Waals surface area contributed by atoms with E-state index >= 15 is 0 Å². The smallest absolute Gasteiger partial charge is 0.293 e. The summed E-state index contributed by atoms with van der Waals surface area (Å²) in [4.78, 5) is 32.3. The standard InChI is InChI=1S/C25H24Cl2N6O2/c1-31-9-11-32(12-10-31)19-6-4-18(5-7-19)29-25-28-15-16-13-21(20-8-3-17(26)14-22(20)27)24(34)33(35-2)23(16)30-25/h3-8,13-15H,9-12H2,1-2H3,(H,28,29,30). The lowest BCUT2D eigenvalue weighted by molar-refractivity contribution is 0.168. The van der Waals surface area contributed by atoms with Gasteiger partial charge in [0.2, 0.25) is 5.95 Å². The molecule has 0 unspecified atom stereocenters. The van der Waals surface area contributed by atoms with Crippen molar-refractivity contribution in [2.24, 2.45) is 0 Å². The minimum atomic E-state index is -0.384. The van der Waals surface area contributed by atoms with Crippen LogP contribution in [0.25, 0.3) is 22.2 Å². The predicted octanol–water partition coefficient (Wildman–Crippen LogP) is 4.32. The molecule has 1 aliphatic rings. The van der Waals surface area contributed by atoms with E-state index in [0.717, 1.165) is 36.6 Å². The molecule has 0 saturated carbocycles. The summed E-state index contributed by atoms with van der Waals surface area (Å²) >= 11 is 12.4. The fourth-order valence-electron chi connectivity index (χ4n) is 4.15. The topological polar surface area (TPSA) is 75.5 Å². The molecule has 2 aromatic heterocycles. The molecule has 35 heavy (non-hydrogen) atoms. The molecule has 0 spiro atoms. The lowest BCUT2D eigenvalue weighted by atomic mass is 10.1. The highest BCUT2D eigenvalue weighted by atomic mass is 35.5. The number of anilines is 3. The van der Waals surface area contributed by atoms with Crippen molar-refractivity contribution < 1.29 is 4.84 Å². The van der Waals surface area contributed by atoms with Crippen LogP contribution in [0, 0.1) is 0 Å². The minimum absolute atomic E-state index is 0.345. The van der Waals surface area contributed by atoms with E-state index in [1.807, 2.05) is 12.1 Å². The first-order valence-electron chi connectivity index (χ1n) is 11.2. The fraction of sp³-hybridized carbons (Fsp3) is 0.240. The number of fused-ring (bicyclic) bond motifs is 1. The number of hydrogen-bond acceptors (Lipinski definition) is 7. The number of nitrogens with zero attached hydrogens (tertiary/aromatic N) is 5. The Kier molecular flexibility index (Phi) is 6.51. The van der Waals surface area contributed by atoms with Gasteiger partial charge in [0.05, 0.1) is 10.6 Å². The van der Waals surface area contributed by atoms with Crippen LogP contribution in [0.2, 0.25) is 10.0 Å². The van der Waals surface area contributed by atoms with E-state index in [-0.39, 0.29) is 5.56 Å². The van der Waals surface area contributed by atoms with Crippen LogP contribution in [0.5, 0.6) is 0 Å². The molecule has 0 radical (unpaired) electrons. The van der Waals surface area contributed by atoms with Crippen LogP contribution in [0.3, 0.4) is 0 Å². The van der Waals surface area contributed by atoms with E-state index in [2.05, 4.69) is 44.3 Å². The van der Waals surface area contributed by atoms with Crippen LogP contribution in [-0.4, -0.2) is 59.9 Å². The summed E-state index contributed by atoms with van der Waals surface area (Å²) in [6, 6.07) is 14.9. The number of piperazine rings is 1. The van der Waals surface area contributed by atoms with Gasteiger partial charge in [-0.1, -0.05) is 29.3 Å². The molecule has 1 aliphatic heterocycles.